The highest BCUT2D eigenvalue weighted by atomic mass is 16.4. The number of aliphatic hydroxyl groups excluding tert-OH is 1. The molecule has 11 amide bonds. The minimum absolute atomic E-state index is 0.112. The number of carbonyl (C=O) groups is 13. The molecule has 0 saturated heterocycles. The van der Waals surface area contributed by atoms with Crippen molar-refractivity contribution in [2.24, 2.45) is 29.2 Å². The van der Waals surface area contributed by atoms with Crippen molar-refractivity contribution in [3.05, 3.63) is 35.9 Å². The first kappa shape index (κ1) is 68.1. The van der Waals surface area contributed by atoms with Crippen LogP contribution in [0.15, 0.2) is 30.3 Å². The Hall–Kier alpha value is -7.95. The lowest BCUT2D eigenvalue weighted by Gasteiger charge is -2.31. The van der Waals surface area contributed by atoms with Crippen LogP contribution in [-0.4, -0.2) is 172 Å². The molecule has 1 aromatic rings. The van der Waals surface area contributed by atoms with Crippen molar-refractivity contribution in [2.45, 2.75) is 154 Å². The highest BCUT2D eigenvalue weighted by Gasteiger charge is 2.38. The number of aliphatic carboxylic acids is 2. The van der Waals surface area contributed by atoms with Crippen molar-refractivity contribution in [3.8, 4) is 0 Å². The Morgan fingerprint density at radius 2 is 0.923 bits per heavy atom. The summed E-state index contributed by atoms with van der Waals surface area (Å²) in [4.78, 5) is 169. The molecule has 1 rings (SSSR count). The number of nitrogens with two attached hydrogens (primary N) is 2. The minimum atomic E-state index is -2.03. The topological polar surface area (TPSA) is 475 Å². The van der Waals surface area contributed by atoms with Crippen LogP contribution < -0.4 is 64.6 Å². The van der Waals surface area contributed by atoms with E-state index in [1.807, 2.05) is 5.32 Å². The van der Waals surface area contributed by atoms with Crippen LogP contribution in [0.2, 0.25) is 0 Å². The number of unbranched alkanes of at least 4 members (excludes halogenated alkanes) is 1. The number of amides is 11. The maximum atomic E-state index is 14.2. The molecule has 0 aliphatic rings. The van der Waals surface area contributed by atoms with Gasteiger partial charge < -0.3 is 85.1 Å². The number of rotatable bonds is 36. The molecule has 0 aliphatic carbocycles. The van der Waals surface area contributed by atoms with Gasteiger partial charge in [0, 0.05) is 6.42 Å². The zero-order valence-electron chi connectivity index (χ0n) is 44.8. The molecule has 0 aliphatic heterocycles. The van der Waals surface area contributed by atoms with Crippen molar-refractivity contribution >= 4 is 77.1 Å². The molecule has 0 unspecified atom stereocenters. The molecule has 0 bridgehead atoms. The first-order chi connectivity index (χ1) is 36.6. The van der Waals surface area contributed by atoms with E-state index >= 15 is 0 Å². The van der Waals surface area contributed by atoms with Crippen molar-refractivity contribution < 1.29 is 82.8 Å². The van der Waals surface area contributed by atoms with Gasteiger partial charge in [0.1, 0.15) is 54.4 Å². The van der Waals surface area contributed by atoms with Gasteiger partial charge in [-0.1, -0.05) is 84.7 Å². The molecule has 78 heavy (non-hydrogen) atoms. The molecule has 11 atom stereocenters. The summed E-state index contributed by atoms with van der Waals surface area (Å²) in [5.74, 6) is -15.4. The molecule has 0 fully saturated rings. The van der Waals surface area contributed by atoms with Crippen LogP contribution in [0.25, 0.3) is 0 Å². The van der Waals surface area contributed by atoms with E-state index in [0.29, 0.717) is 18.4 Å². The van der Waals surface area contributed by atoms with Crippen molar-refractivity contribution in [3.63, 3.8) is 0 Å². The minimum Gasteiger partial charge on any atom is -0.481 e. The van der Waals surface area contributed by atoms with Crippen LogP contribution in [0.5, 0.6) is 0 Å². The van der Waals surface area contributed by atoms with Gasteiger partial charge in [0.2, 0.25) is 59.1 Å². The Bertz CT molecular complexity index is 2250. The lowest BCUT2D eigenvalue weighted by atomic mass is 9.95. The van der Waals surface area contributed by atoms with Crippen molar-refractivity contribution in [2.75, 3.05) is 19.7 Å². The van der Waals surface area contributed by atoms with Gasteiger partial charge in [-0.05, 0) is 56.0 Å². The molecule has 0 spiro atoms. The summed E-state index contributed by atoms with van der Waals surface area (Å²) in [6.45, 7) is 9.56. The van der Waals surface area contributed by atoms with Crippen LogP contribution in [0.3, 0.4) is 0 Å². The number of hydrogen-bond acceptors (Lipinski definition) is 15. The third kappa shape index (κ3) is 24.4. The predicted molar refractivity (Wildman–Crippen MR) is 277 cm³/mol. The number of carboxylic acid groups (broad SMARTS) is 3. The summed E-state index contributed by atoms with van der Waals surface area (Å²) in [5.41, 5.74) is 11.2. The standard InChI is InChI=1S/C49H78N12O17/c1-8-25(5)38(60-40(68)27(7)53-49(77)78)47(75)56-30(19-28-15-11-10-12-16-28)45(73)59-37(24(3)4)46(74)61-39(26(6)9-2)48(76)57-32(21-36(66)67)44(72)55-31(20-35(64)65)43(71)54-29(17-13-14-18-50)42(70)58-33(23-62)41(69)52-22-34(51)63/h10-12,15-16,24-27,29-33,37-39,53,62H,8-9,13-14,17-23,50H2,1-7H3,(H2,51,63)(H,52,69)(H,54,71)(H,55,72)(H,56,75)(H,57,76)(H,58,70)(H,59,73)(H,60,68)(H,61,74)(H,64,65)(H,66,67)(H,77,78)/t25-,26-,27-,29-,30-,31-,32-,33-,37-,38-,39-/m0/s1. The van der Waals surface area contributed by atoms with Crippen LogP contribution in [0.1, 0.15) is 99.0 Å². The zero-order valence-corrected chi connectivity index (χ0v) is 44.8. The lowest BCUT2D eigenvalue weighted by molar-refractivity contribution is -0.144. The smallest absolute Gasteiger partial charge is 0.405 e. The Morgan fingerprint density at radius 1 is 0.500 bits per heavy atom. The maximum absolute atomic E-state index is 14.2. The Kier molecular flexibility index (Phi) is 30.2. The fraction of sp³-hybridized carbons (Fsp3) is 0.612. The van der Waals surface area contributed by atoms with Crippen molar-refractivity contribution in [1.82, 2.24) is 53.2 Å². The van der Waals surface area contributed by atoms with Crippen LogP contribution in [-0.2, 0) is 64.0 Å². The first-order valence-electron chi connectivity index (χ1n) is 25.4. The number of carbonyl (C=O) groups excluding carboxylic acids is 10. The predicted octanol–water partition coefficient (Wildman–Crippen LogP) is -3.82. The number of aliphatic hydroxyl groups is 1. The van der Waals surface area contributed by atoms with Gasteiger partial charge in [-0.3, -0.25) is 57.5 Å². The second kappa shape index (κ2) is 34.7. The molecular weight excluding hydrogens is 1030 g/mol. The Morgan fingerprint density at radius 3 is 1.37 bits per heavy atom. The molecular formula is C49H78N12O17. The summed E-state index contributed by atoms with van der Waals surface area (Å²) in [7, 11) is 0. The molecule has 0 aromatic heterocycles. The molecule has 29 heteroatoms. The Labute approximate surface area is 451 Å². The summed E-state index contributed by atoms with van der Waals surface area (Å²) < 4.78 is 0. The van der Waals surface area contributed by atoms with E-state index in [2.05, 4.69) is 47.9 Å². The van der Waals surface area contributed by atoms with Gasteiger partial charge >= 0.3 is 18.0 Å². The molecule has 0 heterocycles. The molecule has 436 valence electrons. The molecule has 29 nitrogen and oxygen atoms in total. The van der Waals surface area contributed by atoms with Crippen LogP contribution in [0.4, 0.5) is 4.79 Å². The van der Waals surface area contributed by atoms with Gasteiger partial charge in [0.25, 0.3) is 0 Å². The maximum Gasteiger partial charge on any atom is 0.405 e. The van der Waals surface area contributed by atoms with E-state index in [-0.39, 0.29) is 32.2 Å². The van der Waals surface area contributed by atoms with Gasteiger partial charge in [0.05, 0.1) is 26.0 Å². The van der Waals surface area contributed by atoms with Crippen LogP contribution >= 0.6 is 0 Å². The lowest BCUT2D eigenvalue weighted by Crippen LogP contribution is -2.62. The fourth-order valence-electron chi connectivity index (χ4n) is 7.38. The SMILES string of the molecule is CC[C@H](C)[C@H](NC(=O)[C@H](C)NC(=O)O)C(=O)N[C@@H](Cc1ccccc1)C(=O)N[C@H](C(=O)N[C@H](C(=O)N[C@@H](CC(=O)O)C(=O)N[C@@H](CC(=O)O)C(=O)N[C@@H](CCCCN)C(=O)N[C@@H](CO)C(=O)NCC(N)=O)[C@@H](C)CC)C(C)C. The molecule has 0 saturated carbocycles. The van der Waals surface area contributed by atoms with Gasteiger partial charge in [-0.15, -0.1) is 0 Å². The van der Waals surface area contributed by atoms with E-state index in [9.17, 15) is 77.6 Å². The highest BCUT2D eigenvalue weighted by Crippen LogP contribution is 2.15. The molecule has 18 N–H and O–H groups in total. The average molecular weight is 1110 g/mol. The number of nitrogens with one attached hydrogen (secondary N) is 10. The summed E-state index contributed by atoms with van der Waals surface area (Å²) in [6.07, 6.45) is -2.92. The molecule has 1 aromatic carbocycles. The van der Waals surface area contributed by atoms with E-state index in [1.54, 1.807) is 71.9 Å². The monoisotopic (exact) mass is 1110 g/mol. The van der Waals surface area contributed by atoms with E-state index in [0.717, 1.165) is 0 Å². The van der Waals surface area contributed by atoms with E-state index < -0.39 is 175 Å². The van der Waals surface area contributed by atoms with E-state index in [4.69, 9.17) is 16.6 Å². The summed E-state index contributed by atoms with van der Waals surface area (Å²) in [5, 5.41) is 61.8. The third-order valence-electron chi connectivity index (χ3n) is 12.3. The summed E-state index contributed by atoms with van der Waals surface area (Å²) in [6, 6.07) is -5.59. The van der Waals surface area contributed by atoms with Gasteiger partial charge in [-0.25, -0.2) is 4.79 Å². The quantitative estimate of drug-likeness (QED) is 0.0286. The second-order valence-corrected chi connectivity index (χ2v) is 19.0. The second-order valence-electron chi connectivity index (χ2n) is 19.0. The largest absolute Gasteiger partial charge is 0.481 e. The number of carboxylic acids is 2. The zero-order chi connectivity index (χ0) is 59.4. The summed E-state index contributed by atoms with van der Waals surface area (Å²) >= 11 is 0. The fourth-order valence-corrected chi connectivity index (χ4v) is 7.38. The number of hydrogen-bond donors (Lipinski definition) is 16. The normalized spacial score (nSPS) is 15.2. The number of primary amides is 1. The highest BCUT2D eigenvalue weighted by molar-refractivity contribution is 6.00. The van der Waals surface area contributed by atoms with E-state index in [1.165, 1.54) is 6.92 Å². The van der Waals surface area contributed by atoms with Gasteiger partial charge in [-0.2, -0.15) is 0 Å². The number of benzene rings is 1. The van der Waals surface area contributed by atoms with Crippen molar-refractivity contribution in [1.29, 1.82) is 0 Å². The Balaban J connectivity index is 3.53. The molecule has 0 radical (unpaired) electrons. The van der Waals surface area contributed by atoms with Gasteiger partial charge in [0.15, 0.2) is 0 Å². The average Bonchev–Trinajstić information content (AvgIpc) is 3.37. The third-order valence-corrected chi connectivity index (χ3v) is 12.3. The first-order valence-corrected chi connectivity index (χ1v) is 25.4. The van der Waals surface area contributed by atoms with Crippen LogP contribution in [0, 0.1) is 17.8 Å².